The molecular formula is C28H36FN5O4. The molecule has 0 saturated carbocycles. The van der Waals surface area contributed by atoms with E-state index in [4.69, 9.17) is 4.74 Å². The van der Waals surface area contributed by atoms with Crippen molar-refractivity contribution in [2.75, 3.05) is 27.2 Å². The standard InChI is InChI=1S/C28H36FN5O4/c1-18(2)14-24-27(36)32(19(3)21-8-10-22(29)11-9-21)16-25-33(24)26(35)17-31(4)34(25)28(37)30-15-20-6-12-23(38-5)13-7-20/h6-13,18-19,24-25H,14-17H2,1-5H3,(H,30,37). The van der Waals surface area contributed by atoms with Gasteiger partial charge < -0.3 is 19.9 Å². The van der Waals surface area contributed by atoms with Crippen LogP contribution in [0.2, 0.25) is 0 Å². The molecule has 0 radical (unpaired) electrons. The second-order valence-corrected chi connectivity index (χ2v) is 10.3. The molecule has 2 aliphatic rings. The maximum Gasteiger partial charge on any atom is 0.334 e. The summed E-state index contributed by atoms with van der Waals surface area (Å²) in [5.41, 5.74) is 1.68. The minimum atomic E-state index is -0.699. The zero-order valence-corrected chi connectivity index (χ0v) is 22.6. The Morgan fingerprint density at radius 3 is 2.34 bits per heavy atom. The van der Waals surface area contributed by atoms with Gasteiger partial charge in [0.15, 0.2) is 0 Å². The number of halogens is 1. The van der Waals surface area contributed by atoms with Crippen LogP contribution in [0.25, 0.3) is 0 Å². The van der Waals surface area contributed by atoms with Crippen LogP contribution in [0.1, 0.15) is 44.4 Å². The van der Waals surface area contributed by atoms with Crippen molar-refractivity contribution in [3.05, 3.63) is 65.5 Å². The van der Waals surface area contributed by atoms with Gasteiger partial charge >= 0.3 is 6.03 Å². The number of benzene rings is 2. The molecule has 10 heteroatoms. The number of hydrazine groups is 1. The largest absolute Gasteiger partial charge is 0.497 e. The second-order valence-electron chi connectivity index (χ2n) is 10.3. The minimum absolute atomic E-state index is 0.0121. The number of methoxy groups -OCH3 is 1. The molecular weight excluding hydrogens is 489 g/mol. The number of piperazine rings is 1. The second kappa shape index (κ2) is 11.4. The number of urea groups is 1. The van der Waals surface area contributed by atoms with Gasteiger partial charge in [-0.05, 0) is 54.7 Å². The molecule has 2 aromatic rings. The molecule has 204 valence electrons. The van der Waals surface area contributed by atoms with E-state index in [0.29, 0.717) is 6.42 Å². The summed E-state index contributed by atoms with van der Waals surface area (Å²) >= 11 is 0. The quantitative estimate of drug-likeness (QED) is 0.599. The van der Waals surface area contributed by atoms with E-state index in [2.05, 4.69) is 5.32 Å². The molecule has 4 rings (SSSR count). The Morgan fingerprint density at radius 2 is 1.74 bits per heavy atom. The van der Waals surface area contributed by atoms with Crippen molar-refractivity contribution in [1.29, 1.82) is 0 Å². The average molecular weight is 526 g/mol. The van der Waals surface area contributed by atoms with Crippen LogP contribution < -0.4 is 10.1 Å². The number of carbonyl (C=O) groups excluding carboxylic acids is 3. The Balaban J connectivity index is 1.62. The third-order valence-corrected chi connectivity index (χ3v) is 7.21. The van der Waals surface area contributed by atoms with E-state index >= 15 is 0 Å². The monoisotopic (exact) mass is 525 g/mol. The van der Waals surface area contributed by atoms with Crippen LogP contribution in [-0.4, -0.2) is 77.1 Å². The van der Waals surface area contributed by atoms with Gasteiger partial charge in [-0.1, -0.05) is 38.1 Å². The number of nitrogens with one attached hydrogen (secondary N) is 1. The molecule has 0 bridgehead atoms. The Hall–Kier alpha value is -3.66. The van der Waals surface area contributed by atoms with Crippen LogP contribution in [0, 0.1) is 11.7 Å². The van der Waals surface area contributed by atoms with Crippen molar-refractivity contribution in [3.8, 4) is 5.75 Å². The Bertz CT molecular complexity index is 1160. The van der Waals surface area contributed by atoms with E-state index in [1.165, 1.54) is 17.1 Å². The van der Waals surface area contributed by atoms with Gasteiger partial charge in [-0.25, -0.2) is 19.2 Å². The van der Waals surface area contributed by atoms with E-state index in [0.717, 1.165) is 16.9 Å². The summed E-state index contributed by atoms with van der Waals surface area (Å²) in [6.07, 6.45) is -0.208. The predicted octanol–water partition coefficient (Wildman–Crippen LogP) is 3.38. The lowest BCUT2D eigenvalue weighted by Gasteiger charge is -2.55. The highest BCUT2D eigenvalue weighted by atomic mass is 19.1. The van der Waals surface area contributed by atoms with Gasteiger partial charge in [0.25, 0.3) is 0 Å². The van der Waals surface area contributed by atoms with Gasteiger partial charge in [-0.2, -0.15) is 0 Å². The number of fused-ring (bicyclic) bond motifs is 1. The Morgan fingerprint density at radius 1 is 1.08 bits per heavy atom. The molecule has 3 atom stereocenters. The average Bonchev–Trinajstić information content (AvgIpc) is 2.88. The number of carbonyl (C=O) groups is 3. The van der Waals surface area contributed by atoms with Gasteiger partial charge in [0.2, 0.25) is 11.8 Å². The van der Waals surface area contributed by atoms with E-state index in [-0.39, 0.29) is 55.3 Å². The highest BCUT2D eigenvalue weighted by Gasteiger charge is 2.51. The first-order valence-corrected chi connectivity index (χ1v) is 12.9. The van der Waals surface area contributed by atoms with Crippen molar-refractivity contribution in [1.82, 2.24) is 25.1 Å². The van der Waals surface area contributed by atoms with Gasteiger partial charge in [-0.15, -0.1) is 0 Å². The molecule has 3 unspecified atom stereocenters. The first-order chi connectivity index (χ1) is 18.1. The number of nitrogens with zero attached hydrogens (tertiary/aromatic N) is 4. The van der Waals surface area contributed by atoms with Crippen LogP contribution in [0.5, 0.6) is 5.75 Å². The lowest BCUT2D eigenvalue weighted by molar-refractivity contribution is -0.190. The number of rotatable bonds is 7. The Kier molecular flexibility index (Phi) is 8.20. The maximum atomic E-state index is 13.8. The topological polar surface area (TPSA) is 85.4 Å². The van der Waals surface area contributed by atoms with Crippen molar-refractivity contribution >= 4 is 17.8 Å². The van der Waals surface area contributed by atoms with Crippen LogP contribution in [0.15, 0.2) is 48.5 Å². The fourth-order valence-electron chi connectivity index (χ4n) is 5.21. The molecule has 9 nitrogen and oxygen atoms in total. The summed E-state index contributed by atoms with van der Waals surface area (Å²) in [6.45, 7) is 6.31. The third kappa shape index (κ3) is 5.60. The molecule has 38 heavy (non-hydrogen) atoms. The van der Waals surface area contributed by atoms with E-state index in [1.807, 2.05) is 45.0 Å². The first-order valence-electron chi connectivity index (χ1n) is 12.9. The number of ether oxygens (including phenoxy) is 1. The number of hydrogen-bond acceptors (Lipinski definition) is 5. The summed E-state index contributed by atoms with van der Waals surface area (Å²) in [5, 5.41) is 6.10. The summed E-state index contributed by atoms with van der Waals surface area (Å²) in [7, 11) is 3.29. The minimum Gasteiger partial charge on any atom is -0.497 e. The van der Waals surface area contributed by atoms with Crippen LogP contribution in [0.4, 0.5) is 9.18 Å². The third-order valence-electron chi connectivity index (χ3n) is 7.21. The highest BCUT2D eigenvalue weighted by Crippen LogP contribution is 2.33. The highest BCUT2D eigenvalue weighted by molar-refractivity contribution is 5.91. The SMILES string of the molecule is COc1ccc(CNC(=O)N2C3CN(C(C)c4ccc(F)cc4)C(=O)C(CC(C)C)N3C(=O)CN2C)cc1. The molecule has 4 amide bonds. The molecule has 0 aromatic heterocycles. The summed E-state index contributed by atoms with van der Waals surface area (Å²) in [5.74, 6) is 0.168. The summed E-state index contributed by atoms with van der Waals surface area (Å²) in [6, 6.07) is 12.0. The zero-order valence-electron chi connectivity index (χ0n) is 22.6. The number of amides is 4. The van der Waals surface area contributed by atoms with Gasteiger partial charge in [0.1, 0.15) is 23.8 Å². The predicted molar refractivity (Wildman–Crippen MR) is 140 cm³/mol. The first kappa shape index (κ1) is 27.4. The molecule has 2 saturated heterocycles. The smallest absolute Gasteiger partial charge is 0.334 e. The summed E-state index contributed by atoms with van der Waals surface area (Å²) in [4.78, 5) is 43.9. The molecule has 2 aliphatic heterocycles. The van der Waals surface area contributed by atoms with E-state index in [9.17, 15) is 18.8 Å². The van der Waals surface area contributed by atoms with Crippen molar-refractivity contribution in [3.63, 3.8) is 0 Å². The molecule has 2 aromatic carbocycles. The fraction of sp³-hybridized carbons (Fsp3) is 0.464. The molecule has 2 heterocycles. The van der Waals surface area contributed by atoms with Crippen molar-refractivity contribution in [2.24, 2.45) is 5.92 Å². The van der Waals surface area contributed by atoms with Crippen molar-refractivity contribution in [2.45, 2.75) is 52.0 Å². The fourth-order valence-corrected chi connectivity index (χ4v) is 5.21. The van der Waals surface area contributed by atoms with E-state index in [1.54, 1.807) is 41.1 Å². The van der Waals surface area contributed by atoms with Gasteiger partial charge in [0, 0.05) is 13.6 Å². The zero-order chi connectivity index (χ0) is 27.6. The van der Waals surface area contributed by atoms with Gasteiger partial charge in [-0.3, -0.25) is 9.59 Å². The maximum absolute atomic E-state index is 13.8. The molecule has 0 spiro atoms. The van der Waals surface area contributed by atoms with E-state index < -0.39 is 12.2 Å². The van der Waals surface area contributed by atoms with Crippen LogP contribution >= 0.6 is 0 Å². The molecule has 2 fully saturated rings. The van der Waals surface area contributed by atoms with Crippen molar-refractivity contribution < 1.29 is 23.5 Å². The summed E-state index contributed by atoms with van der Waals surface area (Å²) < 4.78 is 18.8. The number of likely N-dealkylation sites (N-methyl/N-ethyl adjacent to an activating group) is 1. The lowest BCUT2D eigenvalue weighted by atomic mass is 9.95. The Labute approximate surface area is 223 Å². The lowest BCUT2D eigenvalue weighted by Crippen LogP contribution is -2.76. The molecule has 1 N–H and O–H groups in total. The van der Waals surface area contributed by atoms with Gasteiger partial charge in [0.05, 0.1) is 26.2 Å². The number of hydrogen-bond donors (Lipinski definition) is 1. The normalized spacial score (nSPS) is 21.0. The molecule has 0 aliphatic carbocycles. The van der Waals surface area contributed by atoms with Crippen LogP contribution in [-0.2, 0) is 16.1 Å². The van der Waals surface area contributed by atoms with Crippen LogP contribution in [0.3, 0.4) is 0 Å².